The Balaban J connectivity index is 1.33. The van der Waals surface area contributed by atoms with Crippen molar-refractivity contribution in [2.24, 2.45) is 0 Å². The van der Waals surface area contributed by atoms with Crippen LogP contribution in [0.25, 0.3) is 88.2 Å². The Labute approximate surface area is 371 Å². The zero-order valence-corrected chi connectivity index (χ0v) is 39.0. The van der Waals surface area contributed by atoms with Crippen molar-refractivity contribution in [3.05, 3.63) is 137 Å². The van der Waals surface area contributed by atoms with Gasteiger partial charge in [0, 0.05) is 21.8 Å². The van der Waals surface area contributed by atoms with Gasteiger partial charge in [0.15, 0.2) is 5.58 Å². The van der Waals surface area contributed by atoms with Crippen molar-refractivity contribution in [2.75, 3.05) is 0 Å². The minimum Gasteiger partial charge on any atom is -0.454 e. The second-order valence-electron chi connectivity index (χ2n) is 21.9. The Bertz CT molecular complexity index is 3590. The Morgan fingerprint density at radius 1 is 0.571 bits per heavy atom. The molecule has 0 atom stereocenters. The number of benzene rings is 7. The zero-order chi connectivity index (χ0) is 43.8. The summed E-state index contributed by atoms with van der Waals surface area (Å²) in [5.74, 6) is 1.16. The van der Waals surface area contributed by atoms with Crippen LogP contribution in [-0.4, -0.2) is 15.7 Å². The van der Waals surface area contributed by atoms with Gasteiger partial charge in [-0.1, -0.05) is 161 Å². The molecule has 0 unspecified atom stereocenters. The maximum Gasteiger partial charge on any atom is 0.251 e. The number of furan rings is 1. The Morgan fingerprint density at radius 2 is 1.21 bits per heavy atom. The van der Waals surface area contributed by atoms with E-state index < -0.39 is 0 Å². The standard InChI is InChI=1S/C59H57BN2O/c1-31(2)34-25-42(32(3)4)51(43(26-34)33(5)6)36-27-45-44-29-37(58(7,8)9)23-35-24-38(59(10,11)12)30-46(52(35)44)60-53(45)49(28-36)61-47-18-14-15-19-48(47)62-55-41(54(60)57(61)62)22-21-40-39-17-13-16-20-50(39)63-56(40)55/h13-33H,1-12H3. The van der Waals surface area contributed by atoms with Crippen LogP contribution in [0.3, 0.4) is 0 Å². The second kappa shape index (κ2) is 12.8. The van der Waals surface area contributed by atoms with Crippen molar-refractivity contribution in [3.63, 3.8) is 0 Å². The molecule has 3 nitrogen and oxygen atoms in total. The molecule has 0 N–H and O–H groups in total. The predicted molar refractivity (Wildman–Crippen MR) is 272 cm³/mol. The number of hydrogen-bond acceptors (Lipinski definition) is 1. The molecular formula is C59H57BN2O. The summed E-state index contributed by atoms with van der Waals surface area (Å²) in [6, 6.07) is 42.7. The van der Waals surface area contributed by atoms with Gasteiger partial charge < -0.3 is 4.42 Å². The van der Waals surface area contributed by atoms with Crippen LogP contribution in [0.2, 0.25) is 0 Å². The number of aromatic nitrogens is 2. The van der Waals surface area contributed by atoms with E-state index >= 15 is 0 Å². The third-order valence-corrected chi connectivity index (χ3v) is 14.9. The third-order valence-electron chi connectivity index (χ3n) is 14.9. The zero-order valence-electron chi connectivity index (χ0n) is 39.0. The van der Waals surface area contributed by atoms with E-state index in [0.29, 0.717) is 17.8 Å². The fraction of sp³-hybridized carbons (Fsp3) is 0.288. The minimum absolute atomic E-state index is 0.00503. The van der Waals surface area contributed by atoms with E-state index in [2.05, 4.69) is 201 Å². The van der Waals surface area contributed by atoms with Crippen molar-refractivity contribution in [1.29, 1.82) is 0 Å². The van der Waals surface area contributed by atoms with Gasteiger partial charge in [0.05, 0.1) is 16.6 Å². The number of fused-ring (bicyclic) bond motifs is 14. The fourth-order valence-corrected chi connectivity index (χ4v) is 11.6. The molecule has 7 aromatic carbocycles. The predicted octanol–water partition coefficient (Wildman–Crippen LogP) is 14.5. The lowest BCUT2D eigenvalue weighted by Gasteiger charge is -2.36. The number of nitrogens with zero attached hydrogens (tertiary/aromatic N) is 2. The van der Waals surface area contributed by atoms with Crippen LogP contribution < -0.4 is 16.4 Å². The van der Waals surface area contributed by atoms with E-state index in [1.807, 2.05) is 0 Å². The lowest BCUT2D eigenvalue weighted by atomic mass is 9.32. The van der Waals surface area contributed by atoms with E-state index in [1.165, 1.54) is 105 Å². The first-order chi connectivity index (χ1) is 30.0. The molecule has 2 aliphatic heterocycles. The summed E-state index contributed by atoms with van der Waals surface area (Å²) < 4.78 is 12.1. The normalized spacial score (nSPS) is 13.8. The van der Waals surface area contributed by atoms with Crippen LogP contribution >= 0.6 is 0 Å². The number of rotatable bonds is 4. The van der Waals surface area contributed by atoms with E-state index in [0.717, 1.165) is 27.5 Å². The van der Waals surface area contributed by atoms with E-state index in [1.54, 1.807) is 0 Å². The highest BCUT2D eigenvalue weighted by molar-refractivity contribution is 7.02. The van der Waals surface area contributed by atoms with Crippen molar-refractivity contribution in [2.45, 2.75) is 112 Å². The van der Waals surface area contributed by atoms with Crippen molar-refractivity contribution < 1.29 is 4.42 Å². The average Bonchev–Trinajstić information content (AvgIpc) is 3.90. The quantitative estimate of drug-likeness (QED) is 0.162. The number of hydrogen-bond donors (Lipinski definition) is 0. The van der Waals surface area contributed by atoms with E-state index in [9.17, 15) is 0 Å². The first-order valence-corrected chi connectivity index (χ1v) is 23.4. The van der Waals surface area contributed by atoms with Gasteiger partial charge in [-0.15, -0.1) is 0 Å². The summed E-state index contributed by atoms with van der Waals surface area (Å²) in [4.78, 5) is 0. The van der Waals surface area contributed by atoms with Gasteiger partial charge in [0.25, 0.3) is 6.71 Å². The van der Waals surface area contributed by atoms with E-state index in [-0.39, 0.29) is 17.5 Å². The maximum atomic E-state index is 6.96. The first-order valence-electron chi connectivity index (χ1n) is 23.4. The van der Waals surface area contributed by atoms with Gasteiger partial charge in [-0.05, 0) is 137 Å². The van der Waals surface area contributed by atoms with Crippen LogP contribution in [0, 0.1) is 0 Å². The molecule has 0 spiro atoms. The molecule has 3 aromatic heterocycles. The molecule has 12 rings (SSSR count). The molecule has 0 radical (unpaired) electrons. The lowest BCUT2D eigenvalue weighted by molar-refractivity contribution is 0.589. The fourth-order valence-electron chi connectivity index (χ4n) is 11.6. The van der Waals surface area contributed by atoms with Crippen LogP contribution in [0.15, 0.2) is 114 Å². The highest BCUT2D eigenvalue weighted by Gasteiger charge is 2.44. The van der Waals surface area contributed by atoms with Gasteiger partial charge in [0.1, 0.15) is 11.2 Å². The highest BCUT2D eigenvalue weighted by Crippen LogP contribution is 2.47. The van der Waals surface area contributed by atoms with Crippen LogP contribution in [0.4, 0.5) is 0 Å². The minimum atomic E-state index is -0.0413. The Kier molecular flexibility index (Phi) is 7.86. The lowest BCUT2D eigenvalue weighted by Crippen LogP contribution is -2.58. The van der Waals surface area contributed by atoms with Crippen molar-refractivity contribution >= 4 is 83.4 Å². The van der Waals surface area contributed by atoms with Crippen molar-refractivity contribution in [1.82, 2.24) is 8.97 Å². The smallest absolute Gasteiger partial charge is 0.251 e. The molecule has 0 aliphatic carbocycles. The van der Waals surface area contributed by atoms with Crippen molar-refractivity contribution in [3.8, 4) is 27.9 Å². The van der Waals surface area contributed by atoms with Gasteiger partial charge in [-0.2, -0.15) is 0 Å². The molecule has 0 saturated heterocycles. The molecule has 312 valence electrons. The molecule has 10 aromatic rings. The highest BCUT2D eigenvalue weighted by atomic mass is 16.3. The SMILES string of the molecule is CC(C)c1cc(C(C)C)c(-c2cc3c4c(c2)-n2c5ccccc5n5c6c(ccc7c8ccccc8oc76)c(c25)B4c2cc(C(C)(C)C)cc4cc(C(C)(C)C)cc-3c24)c(C(C)C)c1. The summed E-state index contributed by atoms with van der Waals surface area (Å²) in [6.07, 6.45) is 0. The number of para-hydroxylation sites is 3. The van der Waals surface area contributed by atoms with E-state index in [4.69, 9.17) is 4.42 Å². The Morgan fingerprint density at radius 3 is 1.87 bits per heavy atom. The molecule has 5 heterocycles. The van der Waals surface area contributed by atoms with Gasteiger partial charge in [-0.25, -0.2) is 0 Å². The molecule has 0 fully saturated rings. The van der Waals surface area contributed by atoms with Gasteiger partial charge >= 0.3 is 0 Å². The molecule has 0 bridgehead atoms. The van der Waals surface area contributed by atoms with Gasteiger partial charge in [-0.3, -0.25) is 8.97 Å². The third kappa shape index (κ3) is 5.21. The average molecular weight is 821 g/mol. The molecule has 0 amide bonds. The second-order valence-corrected chi connectivity index (χ2v) is 21.9. The topological polar surface area (TPSA) is 22.5 Å². The van der Waals surface area contributed by atoms with Gasteiger partial charge in [0.2, 0.25) is 0 Å². The van der Waals surface area contributed by atoms with Crippen LogP contribution in [0.1, 0.15) is 129 Å². The Hall–Kier alpha value is -6.00. The summed E-state index contributed by atoms with van der Waals surface area (Å²) in [6.45, 7) is 28.4. The summed E-state index contributed by atoms with van der Waals surface area (Å²) in [7, 11) is 0. The summed E-state index contributed by atoms with van der Waals surface area (Å²) >= 11 is 0. The molecule has 4 heteroatoms. The van der Waals surface area contributed by atoms with Crippen LogP contribution in [-0.2, 0) is 10.8 Å². The molecule has 0 saturated carbocycles. The molecular weight excluding hydrogens is 763 g/mol. The monoisotopic (exact) mass is 820 g/mol. The summed E-state index contributed by atoms with van der Waals surface area (Å²) in [5, 5.41) is 6.32. The molecule has 63 heavy (non-hydrogen) atoms. The molecule has 2 aliphatic rings. The summed E-state index contributed by atoms with van der Waals surface area (Å²) in [5.41, 5.74) is 24.6. The maximum absolute atomic E-state index is 6.96. The first kappa shape index (κ1) is 38.7. The largest absolute Gasteiger partial charge is 0.454 e. The van der Waals surface area contributed by atoms with Crippen LogP contribution in [0.5, 0.6) is 0 Å². The number of imidazole rings is 1.